The van der Waals surface area contributed by atoms with E-state index in [0.29, 0.717) is 23.6 Å². The second-order valence-electron chi connectivity index (χ2n) is 7.25. The maximum Gasteiger partial charge on any atom is 0.254 e. The van der Waals surface area contributed by atoms with Crippen LogP contribution in [-0.4, -0.2) is 46.5 Å². The predicted molar refractivity (Wildman–Crippen MR) is 115 cm³/mol. The topological polar surface area (TPSA) is 84.9 Å². The molecule has 1 heterocycles. The first kappa shape index (κ1) is 22.1. The van der Waals surface area contributed by atoms with Crippen LogP contribution < -0.4 is 14.2 Å². The minimum absolute atomic E-state index is 0.0974. The summed E-state index contributed by atoms with van der Waals surface area (Å²) in [7, 11) is -0.475. The number of aryl methyl sites for hydroxylation is 1. The lowest BCUT2D eigenvalue weighted by atomic mass is 10.0. The van der Waals surface area contributed by atoms with Crippen LogP contribution in [0.1, 0.15) is 47.3 Å². The molecule has 1 saturated heterocycles. The Hall–Kier alpha value is -2.58. The zero-order valence-electron chi connectivity index (χ0n) is 17.8. The molecule has 2 aromatic rings. The van der Waals surface area contributed by atoms with Crippen LogP contribution >= 0.6 is 0 Å². The number of hydrogen-bond acceptors (Lipinski definition) is 5. The van der Waals surface area contributed by atoms with Crippen LogP contribution in [-0.2, 0) is 10.0 Å². The predicted octanol–water partition coefficient (Wildman–Crippen LogP) is 3.29. The van der Waals surface area contributed by atoms with Crippen molar-refractivity contribution in [2.24, 2.45) is 0 Å². The Labute approximate surface area is 178 Å². The Bertz CT molecular complexity index is 1040. The van der Waals surface area contributed by atoms with Crippen molar-refractivity contribution in [3.8, 4) is 11.5 Å². The van der Waals surface area contributed by atoms with Crippen molar-refractivity contribution in [1.29, 1.82) is 0 Å². The van der Waals surface area contributed by atoms with Gasteiger partial charge in [0.1, 0.15) is 0 Å². The summed E-state index contributed by atoms with van der Waals surface area (Å²) in [5, 5.41) is 0. The summed E-state index contributed by atoms with van der Waals surface area (Å²) in [5.41, 5.74) is 2.11. The van der Waals surface area contributed by atoms with Gasteiger partial charge < -0.3 is 14.4 Å². The molecular formula is C22H28N2O5S. The molecule has 7 nitrogen and oxygen atoms in total. The third kappa shape index (κ3) is 4.29. The molecule has 8 heteroatoms. The number of likely N-dealkylation sites (tertiary alicyclic amines) is 1. The highest BCUT2D eigenvalue weighted by molar-refractivity contribution is 7.89. The Morgan fingerprint density at radius 2 is 1.87 bits per heavy atom. The fourth-order valence-corrected chi connectivity index (χ4v) is 4.91. The molecule has 1 aliphatic rings. The van der Waals surface area contributed by atoms with Gasteiger partial charge in [0, 0.05) is 18.7 Å². The van der Waals surface area contributed by atoms with E-state index in [0.717, 1.165) is 24.0 Å². The maximum absolute atomic E-state index is 13.4. The molecule has 0 spiro atoms. The highest BCUT2D eigenvalue weighted by atomic mass is 32.2. The molecule has 1 atom stereocenters. The monoisotopic (exact) mass is 432 g/mol. The second-order valence-corrected chi connectivity index (χ2v) is 9.02. The van der Waals surface area contributed by atoms with Crippen LogP contribution in [0.3, 0.4) is 0 Å². The van der Waals surface area contributed by atoms with Gasteiger partial charge >= 0.3 is 0 Å². The molecule has 0 radical (unpaired) electrons. The van der Waals surface area contributed by atoms with E-state index in [-0.39, 0.29) is 23.4 Å². The number of nitrogens with zero attached hydrogens (tertiary/aromatic N) is 1. The normalized spacial score (nSPS) is 16.5. The lowest BCUT2D eigenvalue weighted by Gasteiger charge is -2.26. The highest BCUT2D eigenvalue weighted by Gasteiger charge is 2.32. The number of carbonyl (C=O) groups is 1. The van der Waals surface area contributed by atoms with Crippen LogP contribution in [0.2, 0.25) is 0 Å². The molecule has 1 fully saturated rings. The van der Waals surface area contributed by atoms with Crippen molar-refractivity contribution in [1.82, 2.24) is 9.62 Å². The van der Waals surface area contributed by atoms with Gasteiger partial charge in [0.2, 0.25) is 10.0 Å². The molecule has 0 aromatic heterocycles. The summed E-state index contributed by atoms with van der Waals surface area (Å²) in [6, 6.07) is 10.2. The van der Waals surface area contributed by atoms with Crippen molar-refractivity contribution in [3.63, 3.8) is 0 Å². The molecular weight excluding hydrogens is 404 g/mol. The summed E-state index contributed by atoms with van der Waals surface area (Å²) >= 11 is 0. The van der Waals surface area contributed by atoms with Crippen molar-refractivity contribution in [2.45, 2.75) is 37.6 Å². The summed E-state index contributed by atoms with van der Waals surface area (Å²) in [6.45, 7) is 4.43. The van der Waals surface area contributed by atoms with Crippen molar-refractivity contribution >= 4 is 15.9 Å². The third-order valence-corrected chi connectivity index (χ3v) is 6.93. The standard InChI is InChI=1S/C22H28N2O5S/c1-5-23-30(26,27)17-10-8-15(2)18(14-17)22(25)24-12-6-7-19(24)16-9-11-20(28-3)21(13-16)29-4/h8-11,13-14,19,23H,5-7,12H2,1-4H3/t19-/m1/s1. The fourth-order valence-electron chi connectivity index (χ4n) is 3.84. The van der Waals surface area contributed by atoms with Gasteiger partial charge in [0.15, 0.2) is 11.5 Å². The number of ether oxygens (including phenoxy) is 2. The minimum atomic E-state index is -3.64. The lowest BCUT2D eigenvalue weighted by Crippen LogP contribution is -2.31. The van der Waals surface area contributed by atoms with Crippen molar-refractivity contribution < 1.29 is 22.7 Å². The number of hydrogen-bond donors (Lipinski definition) is 1. The van der Waals surface area contributed by atoms with Gasteiger partial charge in [-0.2, -0.15) is 0 Å². The second kappa shape index (κ2) is 9.06. The zero-order chi connectivity index (χ0) is 21.9. The molecule has 0 saturated carbocycles. The summed E-state index contributed by atoms with van der Waals surface area (Å²) < 4.78 is 38.0. The molecule has 3 rings (SSSR count). The number of carbonyl (C=O) groups excluding carboxylic acids is 1. The number of methoxy groups -OCH3 is 2. The van der Waals surface area contributed by atoms with Crippen LogP contribution in [0.15, 0.2) is 41.3 Å². The summed E-state index contributed by atoms with van der Waals surface area (Å²) in [6.07, 6.45) is 1.70. The smallest absolute Gasteiger partial charge is 0.254 e. The quantitative estimate of drug-likeness (QED) is 0.726. The number of amides is 1. The first-order chi connectivity index (χ1) is 14.3. The number of nitrogens with one attached hydrogen (secondary N) is 1. The van der Waals surface area contributed by atoms with Gasteiger partial charge in [-0.3, -0.25) is 4.79 Å². The van der Waals surface area contributed by atoms with Gasteiger partial charge in [-0.1, -0.05) is 19.1 Å². The first-order valence-electron chi connectivity index (χ1n) is 9.95. The van der Waals surface area contributed by atoms with E-state index in [1.807, 2.05) is 30.0 Å². The molecule has 0 bridgehead atoms. The average molecular weight is 433 g/mol. The van der Waals surface area contributed by atoms with Crippen LogP contribution in [0, 0.1) is 6.92 Å². The molecule has 1 N–H and O–H groups in total. The Morgan fingerprint density at radius 3 is 2.53 bits per heavy atom. The maximum atomic E-state index is 13.4. The van der Waals surface area contributed by atoms with E-state index < -0.39 is 10.0 Å². The molecule has 30 heavy (non-hydrogen) atoms. The van der Waals surface area contributed by atoms with E-state index in [1.165, 1.54) is 12.1 Å². The molecule has 0 aliphatic carbocycles. The summed E-state index contributed by atoms with van der Waals surface area (Å²) in [4.78, 5) is 15.3. The van der Waals surface area contributed by atoms with E-state index >= 15 is 0 Å². The van der Waals surface area contributed by atoms with E-state index in [9.17, 15) is 13.2 Å². The zero-order valence-corrected chi connectivity index (χ0v) is 18.6. The molecule has 0 unspecified atom stereocenters. The SMILES string of the molecule is CCNS(=O)(=O)c1ccc(C)c(C(=O)N2CCC[C@@H]2c2ccc(OC)c(OC)c2)c1. The van der Waals surface area contributed by atoms with Crippen molar-refractivity contribution in [3.05, 3.63) is 53.1 Å². The Kier molecular flexibility index (Phi) is 6.67. The van der Waals surface area contributed by atoms with Gasteiger partial charge in [-0.05, 0) is 55.2 Å². The van der Waals surface area contributed by atoms with Gasteiger partial charge in [-0.15, -0.1) is 0 Å². The van der Waals surface area contributed by atoms with Crippen LogP contribution in [0.5, 0.6) is 11.5 Å². The highest BCUT2D eigenvalue weighted by Crippen LogP contribution is 2.38. The number of benzene rings is 2. The van der Waals surface area contributed by atoms with Crippen molar-refractivity contribution in [2.75, 3.05) is 27.3 Å². The summed E-state index contributed by atoms with van der Waals surface area (Å²) in [5.74, 6) is 1.08. The lowest BCUT2D eigenvalue weighted by molar-refractivity contribution is 0.0734. The Morgan fingerprint density at radius 1 is 1.13 bits per heavy atom. The first-order valence-corrected chi connectivity index (χ1v) is 11.4. The van der Waals surface area contributed by atoms with Gasteiger partial charge in [-0.25, -0.2) is 13.1 Å². The van der Waals surface area contributed by atoms with Gasteiger partial charge in [0.05, 0.1) is 25.2 Å². The van der Waals surface area contributed by atoms with E-state index in [4.69, 9.17) is 9.47 Å². The Balaban J connectivity index is 1.95. The third-order valence-electron chi connectivity index (χ3n) is 5.39. The molecule has 1 amide bonds. The van der Waals surface area contributed by atoms with Gasteiger partial charge in [0.25, 0.3) is 5.91 Å². The van der Waals surface area contributed by atoms with E-state index in [2.05, 4.69) is 4.72 Å². The molecule has 2 aromatic carbocycles. The molecule has 162 valence electrons. The number of sulfonamides is 1. The number of rotatable bonds is 7. The van der Waals surface area contributed by atoms with Crippen LogP contribution in [0.25, 0.3) is 0 Å². The minimum Gasteiger partial charge on any atom is -0.493 e. The fraction of sp³-hybridized carbons (Fsp3) is 0.409. The average Bonchev–Trinajstić information content (AvgIpc) is 3.22. The van der Waals surface area contributed by atoms with Crippen LogP contribution in [0.4, 0.5) is 0 Å². The molecule has 1 aliphatic heterocycles. The van der Waals surface area contributed by atoms with E-state index in [1.54, 1.807) is 27.2 Å². The largest absolute Gasteiger partial charge is 0.493 e.